The number of halogens is 2. The first-order chi connectivity index (χ1) is 9.63. The van der Waals surface area contributed by atoms with Gasteiger partial charge in [0.05, 0.1) is 12.1 Å². The second kappa shape index (κ2) is 5.60. The summed E-state index contributed by atoms with van der Waals surface area (Å²) in [6.45, 7) is 0. The largest absolute Gasteiger partial charge is 0.353 e. The lowest BCUT2D eigenvalue weighted by Crippen LogP contribution is -2.21. The molecule has 0 bridgehead atoms. The topological polar surface area (TPSA) is 24.1 Å². The molecule has 1 saturated heterocycles. The van der Waals surface area contributed by atoms with Gasteiger partial charge in [0, 0.05) is 10.0 Å². The molecule has 1 aliphatic rings. The molecule has 2 aromatic carbocycles. The zero-order valence-corrected chi connectivity index (χ0v) is 12.8. The Labute approximate surface area is 133 Å². The molecule has 0 unspecified atom stereocenters. The van der Waals surface area contributed by atoms with Gasteiger partial charge in [-0.2, -0.15) is 0 Å². The molecule has 5 heteroatoms. The molecule has 0 amide bonds. The molecule has 3 rings (SSSR count). The molecule has 0 spiro atoms. The zero-order chi connectivity index (χ0) is 14.1. The minimum Gasteiger partial charge on any atom is -0.353 e. The SMILES string of the molecule is S=C1N[C@H](c2ccc(Cl)cc2)[C@H](c2ccc(Cl)cc2)N1. The van der Waals surface area contributed by atoms with E-state index in [9.17, 15) is 0 Å². The molecule has 2 aromatic rings. The van der Waals surface area contributed by atoms with Gasteiger partial charge in [0.15, 0.2) is 5.11 Å². The Kier molecular flexibility index (Phi) is 3.83. The summed E-state index contributed by atoms with van der Waals surface area (Å²) in [7, 11) is 0. The number of hydrogen-bond donors (Lipinski definition) is 2. The fourth-order valence-corrected chi connectivity index (χ4v) is 2.89. The highest BCUT2D eigenvalue weighted by Gasteiger charge is 2.31. The molecular formula is C15H12Cl2N2S. The van der Waals surface area contributed by atoms with E-state index in [1.807, 2.05) is 48.5 Å². The molecule has 2 nitrogen and oxygen atoms in total. The zero-order valence-electron chi connectivity index (χ0n) is 10.4. The number of hydrogen-bond acceptors (Lipinski definition) is 1. The Balaban J connectivity index is 1.94. The lowest BCUT2D eigenvalue weighted by Gasteiger charge is -2.19. The van der Waals surface area contributed by atoms with Crippen LogP contribution in [0.4, 0.5) is 0 Å². The van der Waals surface area contributed by atoms with Crippen LogP contribution >= 0.6 is 35.4 Å². The molecule has 0 aliphatic carbocycles. The molecular weight excluding hydrogens is 311 g/mol. The highest BCUT2D eigenvalue weighted by Crippen LogP contribution is 2.33. The molecule has 2 N–H and O–H groups in total. The van der Waals surface area contributed by atoms with Crippen molar-refractivity contribution < 1.29 is 0 Å². The first-order valence-electron chi connectivity index (χ1n) is 6.21. The van der Waals surface area contributed by atoms with Gasteiger partial charge < -0.3 is 10.6 Å². The minimum absolute atomic E-state index is 0.0842. The van der Waals surface area contributed by atoms with E-state index in [1.54, 1.807) is 0 Å². The lowest BCUT2D eigenvalue weighted by atomic mass is 9.95. The lowest BCUT2D eigenvalue weighted by molar-refractivity contribution is 0.554. The highest BCUT2D eigenvalue weighted by atomic mass is 35.5. The minimum atomic E-state index is 0.0842. The third-order valence-electron chi connectivity index (χ3n) is 3.36. The van der Waals surface area contributed by atoms with Gasteiger partial charge in [0.25, 0.3) is 0 Å². The summed E-state index contributed by atoms with van der Waals surface area (Å²) in [6, 6.07) is 15.8. The van der Waals surface area contributed by atoms with Crippen molar-refractivity contribution in [1.82, 2.24) is 10.6 Å². The van der Waals surface area contributed by atoms with Crippen molar-refractivity contribution in [2.45, 2.75) is 12.1 Å². The van der Waals surface area contributed by atoms with Crippen LogP contribution in [-0.2, 0) is 0 Å². The van der Waals surface area contributed by atoms with E-state index in [0.717, 1.165) is 21.2 Å². The predicted molar refractivity (Wildman–Crippen MR) is 87.3 cm³/mol. The maximum Gasteiger partial charge on any atom is 0.167 e. The number of nitrogens with one attached hydrogen (secondary N) is 2. The van der Waals surface area contributed by atoms with Gasteiger partial charge in [-0.3, -0.25) is 0 Å². The highest BCUT2D eigenvalue weighted by molar-refractivity contribution is 7.80. The maximum atomic E-state index is 5.94. The normalized spacial score (nSPS) is 21.4. The molecule has 1 fully saturated rings. The average molecular weight is 323 g/mol. The molecule has 0 aromatic heterocycles. The first kappa shape index (κ1) is 13.7. The summed E-state index contributed by atoms with van der Waals surface area (Å²) in [4.78, 5) is 0. The summed E-state index contributed by atoms with van der Waals surface area (Å²) in [6.07, 6.45) is 0. The summed E-state index contributed by atoms with van der Waals surface area (Å²) in [5.41, 5.74) is 2.28. The summed E-state index contributed by atoms with van der Waals surface area (Å²) in [5.74, 6) is 0. The molecule has 20 heavy (non-hydrogen) atoms. The quantitative estimate of drug-likeness (QED) is 0.808. The fraction of sp³-hybridized carbons (Fsp3) is 0.133. The number of rotatable bonds is 2. The van der Waals surface area contributed by atoms with Crippen LogP contribution in [0.15, 0.2) is 48.5 Å². The van der Waals surface area contributed by atoms with Gasteiger partial charge in [-0.05, 0) is 47.6 Å². The monoisotopic (exact) mass is 322 g/mol. The second-order valence-electron chi connectivity index (χ2n) is 4.68. The van der Waals surface area contributed by atoms with Gasteiger partial charge in [0.1, 0.15) is 0 Å². The van der Waals surface area contributed by atoms with Crippen LogP contribution in [0.3, 0.4) is 0 Å². The maximum absolute atomic E-state index is 5.94. The third kappa shape index (κ3) is 2.75. The molecule has 1 heterocycles. The fourth-order valence-electron chi connectivity index (χ4n) is 2.38. The van der Waals surface area contributed by atoms with E-state index in [2.05, 4.69) is 10.6 Å². The van der Waals surface area contributed by atoms with E-state index >= 15 is 0 Å². The van der Waals surface area contributed by atoms with Crippen molar-refractivity contribution >= 4 is 40.5 Å². The van der Waals surface area contributed by atoms with Gasteiger partial charge in [-0.1, -0.05) is 47.5 Å². The smallest absolute Gasteiger partial charge is 0.167 e. The summed E-state index contributed by atoms with van der Waals surface area (Å²) in [5, 5.41) is 8.71. The standard InChI is InChI=1S/C15H12Cl2N2S/c16-11-5-1-9(2-6-11)13-14(19-15(20)18-13)10-3-7-12(17)8-4-10/h1-8,13-14H,(H2,18,19,20)/t13-,14+. The number of thiocarbonyl (C=S) groups is 1. The molecule has 2 atom stereocenters. The van der Waals surface area contributed by atoms with Gasteiger partial charge >= 0.3 is 0 Å². The Hall–Kier alpha value is -1.29. The van der Waals surface area contributed by atoms with E-state index in [4.69, 9.17) is 35.4 Å². The van der Waals surface area contributed by atoms with Crippen LogP contribution < -0.4 is 10.6 Å². The van der Waals surface area contributed by atoms with Crippen LogP contribution in [0, 0.1) is 0 Å². The molecule has 102 valence electrons. The van der Waals surface area contributed by atoms with Crippen molar-refractivity contribution in [2.75, 3.05) is 0 Å². The van der Waals surface area contributed by atoms with E-state index in [0.29, 0.717) is 5.11 Å². The van der Waals surface area contributed by atoms with Crippen molar-refractivity contribution in [2.24, 2.45) is 0 Å². The molecule has 0 saturated carbocycles. The van der Waals surface area contributed by atoms with Crippen molar-refractivity contribution in [3.05, 3.63) is 69.7 Å². The van der Waals surface area contributed by atoms with Crippen molar-refractivity contribution in [3.63, 3.8) is 0 Å². The first-order valence-corrected chi connectivity index (χ1v) is 7.38. The van der Waals surface area contributed by atoms with Crippen LogP contribution in [0.25, 0.3) is 0 Å². The van der Waals surface area contributed by atoms with Crippen LogP contribution in [0.5, 0.6) is 0 Å². The molecule has 1 aliphatic heterocycles. The second-order valence-corrected chi connectivity index (χ2v) is 5.96. The van der Waals surface area contributed by atoms with Gasteiger partial charge in [-0.25, -0.2) is 0 Å². The van der Waals surface area contributed by atoms with E-state index < -0.39 is 0 Å². The van der Waals surface area contributed by atoms with Gasteiger partial charge in [0.2, 0.25) is 0 Å². The third-order valence-corrected chi connectivity index (χ3v) is 4.10. The van der Waals surface area contributed by atoms with Crippen molar-refractivity contribution in [1.29, 1.82) is 0 Å². The van der Waals surface area contributed by atoms with E-state index in [-0.39, 0.29) is 12.1 Å². The average Bonchev–Trinajstić information content (AvgIpc) is 2.82. The summed E-state index contributed by atoms with van der Waals surface area (Å²) >= 11 is 17.1. The van der Waals surface area contributed by atoms with Gasteiger partial charge in [-0.15, -0.1) is 0 Å². The Morgan fingerprint density at radius 2 is 1.05 bits per heavy atom. The Bertz CT molecular complexity index is 570. The Morgan fingerprint density at radius 1 is 0.700 bits per heavy atom. The summed E-state index contributed by atoms with van der Waals surface area (Å²) < 4.78 is 0. The Morgan fingerprint density at radius 3 is 1.40 bits per heavy atom. The van der Waals surface area contributed by atoms with E-state index in [1.165, 1.54) is 0 Å². The van der Waals surface area contributed by atoms with Crippen LogP contribution in [0.2, 0.25) is 10.0 Å². The molecule has 0 radical (unpaired) electrons. The predicted octanol–water partition coefficient (Wildman–Crippen LogP) is 4.25. The van der Waals surface area contributed by atoms with Crippen LogP contribution in [-0.4, -0.2) is 5.11 Å². The number of benzene rings is 2. The van der Waals surface area contributed by atoms with Crippen molar-refractivity contribution in [3.8, 4) is 0 Å². The van der Waals surface area contributed by atoms with Crippen LogP contribution in [0.1, 0.15) is 23.2 Å².